The van der Waals surface area contributed by atoms with E-state index in [4.69, 9.17) is 9.66 Å². The van der Waals surface area contributed by atoms with E-state index in [1.165, 1.54) is 0 Å². The second-order valence-electron chi connectivity index (χ2n) is 3.68. The maximum Gasteiger partial charge on any atom is 0.256 e. The van der Waals surface area contributed by atoms with E-state index >= 15 is 0 Å². The van der Waals surface area contributed by atoms with Crippen molar-refractivity contribution in [2.75, 3.05) is 12.3 Å². The van der Waals surface area contributed by atoms with E-state index < -0.39 is 10.0 Å². The summed E-state index contributed by atoms with van der Waals surface area (Å²) in [6.45, 7) is 3.54. The molecular formula is C9H15N3O4S. The molecular weight excluding hydrogens is 246 g/mol. The van der Waals surface area contributed by atoms with Crippen molar-refractivity contribution in [1.82, 2.24) is 10.5 Å². The average molecular weight is 261 g/mol. The molecule has 0 aliphatic rings. The second kappa shape index (κ2) is 5.28. The van der Waals surface area contributed by atoms with Crippen molar-refractivity contribution in [1.29, 1.82) is 0 Å². The first-order valence-electron chi connectivity index (χ1n) is 5.03. The third-order valence-corrected chi connectivity index (χ3v) is 3.01. The minimum Gasteiger partial charge on any atom is -0.361 e. The lowest BCUT2D eigenvalue weighted by Gasteiger charge is -2.03. The Morgan fingerprint density at radius 1 is 1.47 bits per heavy atom. The Morgan fingerprint density at radius 3 is 2.59 bits per heavy atom. The zero-order valence-electron chi connectivity index (χ0n) is 9.69. The Hall–Kier alpha value is -1.41. The van der Waals surface area contributed by atoms with Gasteiger partial charge in [-0.05, 0) is 20.3 Å². The molecule has 0 unspecified atom stereocenters. The van der Waals surface area contributed by atoms with E-state index in [0.29, 0.717) is 17.0 Å². The predicted octanol–water partition coefficient (Wildman–Crippen LogP) is -0.300. The van der Waals surface area contributed by atoms with Crippen molar-refractivity contribution >= 4 is 15.9 Å². The van der Waals surface area contributed by atoms with Gasteiger partial charge in [0.25, 0.3) is 5.91 Å². The van der Waals surface area contributed by atoms with Gasteiger partial charge in [-0.1, -0.05) is 5.16 Å². The lowest BCUT2D eigenvalue weighted by Crippen LogP contribution is -2.28. The van der Waals surface area contributed by atoms with Gasteiger partial charge in [0.2, 0.25) is 10.0 Å². The molecule has 0 radical (unpaired) electrons. The van der Waals surface area contributed by atoms with Gasteiger partial charge in [-0.25, -0.2) is 13.6 Å². The van der Waals surface area contributed by atoms with Gasteiger partial charge >= 0.3 is 0 Å². The van der Waals surface area contributed by atoms with Crippen molar-refractivity contribution in [2.45, 2.75) is 20.3 Å². The molecule has 1 rings (SSSR count). The summed E-state index contributed by atoms with van der Waals surface area (Å²) >= 11 is 0. The molecule has 0 aromatic carbocycles. The number of hydrogen-bond donors (Lipinski definition) is 2. The number of aromatic nitrogens is 1. The Bertz CT molecular complexity index is 487. The summed E-state index contributed by atoms with van der Waals surface area (Å²) in [5, 5.41) is 11.1. The first kappa shape index (κ1) is 13.7. The molecule has 1 heterocycles. The SMILES string of the molecule is Cc1noc(C)c1C(=O)NCCCS(N)(=O)=O. The molecule has 3 N–H and O–H groups in total. The summed E-state index contributed by atoms with van der Waals surface area (Å²) in [6.07, 6.45) is 0.272. The van der Waals surface area contributed by atoms with Crippen LogP contribution in [0.2, 0.25) is 0 Å². The minimum absolute atomic E-state index is 0.158. The van der Waals surface area contributed by atoms with Crippen molar-refractivity contribution in [3.8, 4) is 0 Å². The molecule has 1 amide bonds. The number of aryl methyl sites for hydroxylation is 2. The van der Waals surface area contributed by atoms with Crippen LogP contribution < -0.4 is 10.5 Å². The number of rotatable bonds is 5. The fourth-order valence-corrected chi connectivity index (χ4v) is 1.92. The van der Waals surface area contributed by atoms with Crippen molar-refractivity contribution in [3.63, 3.8) is 0 Å². The normalized spacial score (nSPS) is 11.5. The standard InChI is InChI=1S/C9H15N3O4S/c1-6-8(7(2)16-12-6)9(13)11-4-3-5-17(10,14)15/h3-5H2,1-2H3,(H,11,13)(H2,10,14,15). The number of amides is 1. The third kappa shape index (κ3) is 4.16. The fourth-order valence-electron chi connectivity index (χ4n) is 1.37. The van der Waals surface area contributed by atoms with Gasteiger partial charge in [-0.3, -0.25) is 4.79 Å². The first-order valence-corrected chi connectivity index (χ1v) is 6.74. The molecule has 96 valence electrons. The van der Waals surface area contributed by atoms with Crippen LogP contribution in [0, 0.1) is 13.8 Å². The number of nitrogens with two attached hydrogens (primary N) is 1. The predicted molar refractivity (Wildman–Crippen MR) is 60.9 cm³/mol. The fraction of sp³-hybridized carbons (Fsp3) is 0.556. The number of nitrogens with one attached hydrogen (secondary N) is 1. The third-order valence-electron chi connectivity index (χ3n) is 2.15. The van der Waals surface area contributed by atoms with Crippen LogP contribution in [-0.4, -0.2) is 31.8 Å². The largest absolute Gasteiger partial charge is 0.361 e. The Balaban J connectivity index is 2.46. The molecule has 17 heavy (non-hydrogen) atoms. The Labute approximate surface area is 99.4 Å². The molecule has 1 aromatic rings. The van der Waals surface area contributed by atoms with Crippen LogP contribution >= 0.6 is 0 Å². The summed E-state index contributed by atoms with van der Waals surface area (Å²) in [7, 11) is -3.47. The van der Waals surface area contributed by atoms with E-state index in [1.807, 2.05) is 0 Å². The molecule has 0 spiro atoms. The van der Waals surface area contributed by atoms with E-state index in [0.717, 1.165) is 0 Å². The highest BCUT2D eigenvalue weighted by atomic mass is 32.2. The Morgan fingerprint density at radius 2 is 2.12 bits per heavy atom. The summed E-state index contributed by atoms with van der Waals surface area (Å²) in [5.41, 5.74) is 0.895. The number of primary sulfonamides is 1. The van der Waals surface area contributed by atoms with E-state index in [9.17, 15) is 13.2 Å². The summed E-state index contributed by atoms with van der Waals surface area (Å²) in [6, 6.07) is 0. The van der Waals surface area contributed by atoms with Gasteiger partial charge in [0.05, 0.1) is 11.4 Å². The van der Waals surface area contributed by atoms with Crippen LogP contribution in [0.1, 0.15) is 28.2 Å². The van der Waals surface area contributed by atoms with Crippen LogP contribution in [0.5, 0.6) is 0 Å². The topological polar surface area (TPSA) is 115 Å². The molecule has 0 aliphatic carbocycles. The molecule has 0 saturated heterocycles. The summed E-state index contributed by atoms with van der Waals surface area (Å²) in [4.78, 5) is 11.7. The summed E-state index contributed by atoms with van der Waals surface area (Å²) in [5.74, 6) is -0.0448. The second-order valence-corrected chi connectivity index (χ2v) is 5.41. The molecule has 0 bridgehead atoms. The smallest absolute Gasteiger partial charge is 0.256 e. The molecule has 0 saturated carbocycles. The lowest BCUT2D eigenvalue weighted by atomic mass is 10.2. The van der Waals surface area contributed by atoms with E-state index in [-0.39, 0.29) is 24.6 Å². The molecule has 1 aromatic heterocycles. The number of carbonyl (C=O) groups excluding carboxylic acids is 1. The monoisotopic (exact) mass is 261 g/mol. The van der Waals surface area contributed by atoms with Crippen molar-refractivity contribution in [2.24, 2.45) is 5.14 Å². The number of hydrogen-bond acceptors (Lipinski definition) is 5. The molecule has 8 heteroatoms. The number of nitrogens with zero attached hydrogens (tertiary/aromatic N) is 1. The molecule has 7 nitrogen and oxygen atoms in total. The van der Waals surface area contributed by atoms with Crippen molar-refractivity contribution < 1.29 is 17.7 Å². The van der Waals surface area contributed by atoms with E-state index in [2.05, 4.69) is 10.5 Å². The van der Waals surface area contributed by atoms with Gasteiger partial charge in [-0.15, -0.1) is 0 Å². The van der Waals surface area contributed by atoms with Gasteiger partial charge in [0.15, 0.2) is 0 Å². The van der Waals surface area contributed by atoms with Gasteiger partial charge in [0.1, 0.15) is 11.3 Å². The van der Waals surface area contributed by atoms with Gasteiger partial charge in [0, 0.05) is 6.54 Å². The quantitative estimate of drug-likeness (QED) is 0.706. The summed E-state index contributed by atoms with van der Waals surface area (Å²) < 4.78 is 26.2. The van der Waals surface area contributed by atoms with Crippen LogP contribution in [0.15, 0.2) is 4.52 Å². The lowest BCUT2D eigenvalue weighted by molar-refractivity contribution is 0.0951. The van der Waals surface area contributed by atoms with Crippen LogP contribution in [0.25, 0.3) is 0 Å². The van der Waals surface area contributed by atoms with Crippen LogP contribution in [0.4, 0.5) is 0 Å². The first-order chi connectivity index (χ1) is 7.81. The van der Waals surface area contributed by atoms with E-state index in [1.54, 1.807) is 13.8 Å². The highest BCUT2D eigenvalue weighted by Crippen LogP contribution is 2.11. The maximum atomic E-state index is 11.7. The highest BCUT2D eigenvalue weighted by molar-refractivity contribution is 7.89. The van der Waals surface area contributed by atoms with Crippen LogP contribution in [-0.2, 0) is 10.0 Å². The zero-order chi connectivity index (χ0) is 13.1. The average Bonchev–Trinajstić information content (AvgIpc) is 2.52. The highest BCUT2D eigenvalue weighted by Gasteiger charge is 2.16. The zero-order valence-corrected chi connectivity index (χ0v) is 10.5. The number of sulfonamides is 1. The molecule has 0 fully saturated rings. The van der Waals surface area contributed by atoms with Gasteiger partial charge < -0.3 is 9.84 Å². The van der Waals surface area contributed by atoms with Crippen LogP contribution in [0.3, 0.4) is 0 Å². The molecule has 0 atom stereocenters. The minimum atomic E-state index is -3.47. The van der Waals surface area contributed by atoms with Gasteiger partial charge in [-0.2, -0.15) is 0 Å². The maximum absolute atomic E-state index is 11.7. The Kier molecular flexibility index (Phi) is 4.24. The molecule has 0 aliphatic heterocycles. The number of carbonyl (C=O) groups is 1. The van der Waals surface area contributed by atoms with Crippen molar-refractivity contribution in [3.05, 3.63) is 17.0 Å².